The fourth-order valence-corrected chi connectivity index (χ4v) is 5.63. The van der Waals surface area contributed by atoms with E-state index < -0.39 is 29.6 Å². The van der Waals surface area contributed by atoms with Gasteiger partial charge in [-0.2, -0.15) is 0 Å². The summed E-state index contributed by atoms with van der Waals surface area (Å²) in [4.78, 5) is 37.1. The third-order valence-corrected chi connectivity index (χ3v) is 7.33. The third kappa shape index (κ3) is 3.17. The van der Waals surface area contributed by atoms with Crippen LogP contribution in [0.4, 0.5) is 0 Å². The fourth-order valence-electron chi connectivity index (χ4n) is 5.38. The van der Waals surface area contributed by atoms with Crippen LogP contribution in [-0.4, -0.2) is 43.0 Å². The largest absolute Gasteiger partial charge is 0.461 e. The van der Waals surface area contributed by atoms with E-state index >= 15 is 0 Å². The fraction of sp³-hybridized carbons (Fsp3) is 0.667. The maximum Gasteiger partial charge on any atom is 0.331 e. The third-order valence-electron chi connectivity index (χ3n) is 6.92. The predicted molar refractivity (Wildman–Crippen MR) is 105 cm³/mol. The minimum absolute atomic E-state index is 0.134. The SMILES string of the molecule is C=C1COC(=O)[C@]12C[C@@]1(C)[C@H](C(OC(=O)/C=C\SC)CC[C@@H]1C)[C@H]2OC(C)=O. The van der Waals surface area contributed by atoms with Crippen LogP contribution in [0.5, 0.6) is 0 Å². The second kappa shape index (κ2) is 7.58. The Morgan fingerprint density at radius 3 is 2.61 bits per heavy atom. The van der Waals surface area contributed by atoms with Gasteiger partial charge in [0.15, 0.2) is 0 Å². The van der Waals surface area contributed by atoms with Crippen LogP contribution in [0, 0.1) is 22.7 Å². The summed E-state index contributed by atoms with van der Waals surface area (Å²) in [6.45, 7) is 9.79. The molecule has 0 bridgehead atoms. The van der Waals surface area contributed by atoms with Crippen molar-refractivity contribution in [2.24, 2.45) is 22.7 Å². The molecule has 0 radical (unpaired) electrons. The zero-order valence-corrected chi connectivity index (χ0v) is 17.7. The van der Waals surface area contributed by atoms with Gasteiger partial charge in [-0.1, -0.05) is 20.4 Å². The van der Waals surface area contributed by atoms with Crippen LogP contribution in [0.3, 0.4) is 0 Å². The molecule has 1 heterocycles. The topological polar surface area (TPSA) is 78.9 Å². The molecular formula is C21H28O6S. The maximum absolute atomic E-state index is 12.9. The summed E-state index contributed by atoms with van der Waals surface area (Å²) in [6, 6.07) is 0. The molecule has 3 rings (SSSR count). The van der Waals surface area contributed by atoms with Gasteiger partial charge in [-0.3, -0.25) is 9.59 Å². The van der Waals surface area contributed by atoms with Crippen molar-refractivity contribution in [3.8, 4) is 0 Å². The minimum atomic E-state index is -1.07. The summed E-state index contributed by atoms with van der Waals surface area (Å²) < 4.78 is 16.9. The molecule has 154 valence electrons. The molecule has 3 fully saturated rings. The molecule has 1 aliphatic heterocycles. The van der Waals surface area contributed by atoms with Gasteiger partial charge in [0.25, 0.3) is 0 Å². The zero-order chi connectivity index (χ0) is 20.7. The number of ether oxygens (including phenoxy) is 3. The molecule has 6 atom stereocenters. The van der Waals surface area contributed by atoms with Crippen LogP contribution in [0.1, 0.15) is 40.0 Å². The summed E-state index contributed by atoms with van der Waals surface area (Å²) in [5.41, 5.74) is -0.776. The van der Waals surface area contributed by atoms with Gasteiger partial charge in [0.1, 0.15) is 24.2 Å². The Morgan fingerprint density at radius 2 is 2.04 bits per heavy atom. The molecule has 1 saturated heterocycles. The Bertz CT molecular complexity index is 712. The smallest absolute Gasteiger partial charge is 0.331 e. The maximum atomic E-state index is 12.9. The van der Waals surface area contributed by atoms with Crippen molar-refractivity contribution in [1.82, 2.24) is 0 Å². The summed E-state index contributed by atoms with van der Waals surface area (Å²) in [5, 5.41) is 1.67. The zero-order valence-electron chi connectivity index (χ0n) is 16.9. The van der Waals surface area contributed by atoms with Gasteiger partial charge in [0.05, 0.1) is 0 Å². The van der Waals surface area contributed by atoms with Crippen LogP contribution < -0.4 is 0 Å². The van der Waals surface area contributed by atoms with Crippen molar-refractivity contribution >= 4 is 29.7 Å². The molecule has 28 heavy (non-hydrogen) atoms. The van der Waals surface area contributed by atoms with Crippen LogP contribution in [0.2, 0.25) is 0 Å². The van der Waals surface area contributed by atoms with Crippen molar-refractivity contribution in [3.63, 3.8) is 0 Å². The van der Waals surface area contributed by atoms with Crippen LogP contribution in [0.25, 0.3) is 0 Å². The number of hydrogen-bond acceptors (Lipinski definition) is 7. The summed E-state index contributed by atoms with van der Waals surface area (Å²) in [5.74, 6) is -1.31. The van der Waals surface area contributed by atoms with E-state index in [1.165, 1.54) is 24.8 Å². The normalized spacial score (nSPS) is 39.9. The first kappa shape index (κ1) is 21.0. The van der Waals surface area contributed by atoms with E-state index in [2.05, 4.69) is 20.4 Å². The number of esters is 3. The molecule has 0 aromatic carbocycles. The van der Waals surface area contributed by atoms with Gasteiger partial charge in [-0.05, 0) is 47.8 Å². The van der Waals surface area contributed by atoms with E-state index in [0.29, 0.717) is 18.4 Å². The molecule has 0 N–H and O–H groups in total. The summed E-state index contributed by atoms with van der Waals surface area (Å²) >= 11 is 1.41. The second-order valence-electron chi connectivity index (χ2n) is 8.38. The van der Waals surface area contributed by atoms with Gasteiger partial charge in [-0.25, -0.2) is 4.79 Å². The van der Waals surface area contributed by atoms with Crippen molar-refractivity contribution in [3.05, 3.63) is 23.6 Å². The monoisotopic (exact) mass is 408 g/mol. The van der Waals surface area contributed by atoms with Gasteiger partial charge in [0, 0.05) is 18.9 Å². The van der Waals surface area contributed by atoms with E-state index in [1.54, 1.807) is 5.41 Å². The highest BCUT2D eigenvalue weighted by atomic mass is 32.2. The highest BCUT2D eigenvalue weighted by molar-refractivity contribution is 8.01. The molecule has 3 aliphatic rings. The number of fused-ring (bicyclic) bond motifs is 1. The Hall–Kier alpha value is -1.76. The summed E-state index contributed by atoms with van der Waals surface area (Å²) in [7, 11) is 0. The minimum Gasteiger partial charge on any atom is -0.461 e. The van der Waals surface area contributed by atoms with E-state index in [0.717, 1.165) is 6.42 Å². The first-order valence-corrected chi connectivity index (χ1v) is 10.9. The summed E-state index contributed by atoms with van der Waals surface area (Å²) in [6.07, 6.45) is 4.08. The lowest BCUT2D eigenvalue weighted by atomic mass is 9.61. The van der Waals surface area contributed by atoms with Gasteiger partial charge in [0.2, 0.25) is 0 Å². The van der Waals surface area contributed by atoms with E-state index in [1.807, 2.05) is 6.26 Å². The van der Waals surface area contributed by atoms with Crippen molar-refractivity contribution in [2.75, 3.05) is 12.9 Å². The molecule has 0 aromatic heterocycles. The van der Waals surface area contributed by atoms with Gasteiger partial charge >= 0.3 is 17.9 Å². The molecule has 1 spiro atoms. The van der Waals surface area contributed by atoms with Gasteiger partial charge < -0.3 is 14.2 Å². The Labute approximate surface area is 170 Å². The molecule has 0 aromatic rings. The first-order valence-electron chi connectivity index (χ1n) is 9.59. The lowest BCUT2D eigenvalue weighted by molar-refractivity contribution is -0.172. The molecule has 6 nitrogen and oxygen atoms in total. The van der Waals surface area contributed by atoms with Crippen LogP contribution >= 0.6 is 11.8 Å². The van der Waals surface area contributed by atoms with E-state index in [9.17, 15) is 14.4 Å². The number of carbonyl (C=O) groups is 3. The first-order chi connectivity index (χ1) is 13.2. The highest BCUT2D eigenvalue weighted by Gasteiger charge is 2.71. The van der Waals surface area contributed by atoms with Crippen molar-refractivity contribution in [2.45, 2.75) is 52.2 Å². The number of rotatable bonds is 4. The Balaban J connectivity index is 2.03. The van der Waals surface area contributed by atoms with Crippen LogP contribution in [-0.2, 0) is 28.6 Å². The average Bonchev–Trinajstić information content (AvgIpc) is 3.06. The van der Waals surface area contributed by atoms with E-state index in [-0.39, 0.29) is 29.8 Å². The highest BCUT2D eigenvalue weighted by Crippen LogP contribution is 2.66. The molecule has 2 aliphatic carbocycles. The molecule has 7 heteroatoms. The van der Waals surface area contributed by atoms with E-state index in [4.69, 9.17) is 14.2 Å². The van der Waals surface area contributed by atoms with Crippen LogP contribution in [0.15, 0.2) is 23.6 Å². The quantitative estimate of drug-likeness (QED) is 0.306. The predicted octanol–water partition coefficient (Wildman–Crippen LogP) is 3.26. The standard InChI is InChI=1S/C21H28O6S/c1-12-6-7-15(27-16(23)8-9-28-5)17-18(26-14(3)22)21(11-20(12,17)4)13(2)10-25-19(21)24/h8-9,12,15,17-18H,2,6-7,10-11H2,1,3-5H3/b9-8-/t12-,15?,17+,18+,20+,21+/m0/s1. The number of hydrogen-bond donors (Lipinski definition) is 0. The molecular weight excluding hydrogens is 380 g/mol. The molecule has 2 saturated carbocycles. The number of carbonyl (C=O) groups excluding carboxylic acids is 3. The molecule has 1 unspecified atom stereocenters. The lowest BCUT2D eigenvalue weighted by Gasteiger charge is -2.46. The van der Waals surface area contributed by atoms with Gasteiger partial charge in [-0.15, -0.1) is 11.8 Å². The number of cyclic esters (lactones) is 1. The lowest BCUT2D eigenvalue weighted by Crippen LogP contribution is -2.50. The molecule has 0 amide bonds. The Morgan fingerprint density at radius 1 is 1.32 bits per heavy atom. The number of thioether (sulfide) groups is 1. The van der Waals surface area contributed by atoms with Crippen molar-refractivity contribution in [1.29, 1.82) is 0 Å². The van der Waals surface area contributed by atoms with Crippen molar-refractivity contribution < 1.29 is 28.6 Å². The average molecular weight is 409 g/mol. The second-order valence-corrected chi connectivity index (χ2v) is 9.13. The Kier molecular flexibility index (Phi) is 5.67.